The van der Waals surface area contributed by atoms with Gasteiger partial charge in [0.1, 0.15) is 0 Å². The molecule has 2 N–H and O–H groups in total. The third kappa shape index (κ3) is 5.23. The maximum absolute atomic E-state index is 12.6. The summed E-state index contributed by atoms with van der Waals surface area (Å²) in [5.74, 6) is -0.199. The normalized spacial score (nSPS) is 12.2. The molecule has 150 valence electrons. The zero-order chi connectivity index (χ0) is 20.9. The second kappa shape index (κ2) is 8.92. The van der Waals surface area contributed by atoms with Gasteiger partial charge in [0.25, 0.3) is 15.9 Å². The Labute approximate surface area is 171 Å². The van der Waals surface area contributed by atoms with Crippen LogP contribution in [0.5, 0.6) is 0 Å². The summed E-state index contributed by atoms with van der Waals surface area (Å²) in [6.45, 7) is 4.04. The molecule has 0 aliphatic rings. The van der Waals surface area contributed by atoms with Crippen molar-refractivity contribution < 1.29 is 13.2 Å². The van der Waals surface area contributed by atoms with Crippen LogP contribution in [-0.4, -0.2) is 14.3 Å². The summed E-state index contributed by atoms with van der Waals surface area (Å²) < 4.78 is 27.3. The Morgan fingerprint density at radius 1 is 0.897 bits per heavy atom. The monoisotopic (exact) mass is 408 g/mol. The topological polar surface area (TPSA) is 75.3 Å². The molecule has 0 heterocycles. The number of nitrogens with one attached hydrogen (secondary N) is 2. The Hall–Kier alpha value is -3.12. The fourth-order valence-electron chi connectivity index (χ4n) is 2.96. The standard InChI is InChI=1S/C23H24N2O3S/c1-3-22(18-11-9-17(2)10-12-18)24-23(26)19-13-15-20(16-14-19)25-29(27,28)21-7-5-4-6-8-21/h4-16,22,25H,3H2,1-2H3,(H,24,26)/t22-/m1/s1. The summed E-state index contributed by atoms with van der Waals surface area (Å²) in [5, 5.41) is 3.03. The van der Waals surface area contributed by atoms with Crippen LogP contribution in [0.15, 0.2) is 83.8 Å². The summed E-state index contributed by atoms with van der Waals surface area (Å²) in [4.78, 5) is 12.8. The van der Waals surface area contributed by atoms with Gasteiger partial charge in [-0.25, -0.2) is 8.42 Å². The first kappa shape index (κ1) is 20.6. The lowest BCUT2D eigenvalue weighted by atomic mass is 10.0. The van der Waals surface area contributed by atoms with Gasteiger partial charge in [-0.15, -0.1) is 0 Å². The third-order valence-electron chi connectivity index (χ3n) is 4.65. The van der Waals surface area contributed by atoms with Gasteiger partial charge in [0, 0.05) is 11.3 Å². The molecule has 6 heteroatoms. The quantitative estimate of drug-likeness (QED) is 0.596. The molecule has 0 saturated carbocycles. The average Bonchev–Trinajstić information content (AvgIpc) is 2.73. The van der Waals surface area contributed by atoms with Crippen molar-refractivity contribution in [2.24, 2.45) is 0 Å². The van der Waals surface area contributed by atoms with Crippen LogP contribution in [0.1, 0.15) is 40.9 Å². The van der Waals surface area contributed by atoms with E-state index in [4.69, 9.17) is 0 Å². The number of rotatable bonds is 7. The first-order chi connectivity index (χ1) is 13.9. The maximum Gasteiger partial charge on any atom is 0.261 e. The molecule has 0 aliphatic heterocycles. The van der Waals surface area contributed by atoms with E-state index in [1.54, 1.807) is 42.5 Å². The van der Waals surface area contributed by atoms with E-state index in [1.165, 1.54) is 17.7 Å². The molecule has 0 bridgehead atoms. The summed E-state index contributed by atoms with van der Waals surface area (Å²) in [6.07, 6.45) is 0.768. The highest BCUT2D eigenvalue weighted by molar-refractivity contribution is 7.92. The fourth-order valence-corrected chi connectivity index (χ4v) is 4.04. The molecule has 0 fully saturated rings. The Bertz CT molecular complexity index is 1060. The van der Waals surface area contributed by atoms with Gasteiger partial charge in [-0.2, -0.15) is 0 Å². The van der Waals surface area contributed by atoms with Gasteiger partial charge >= 0.3 is 0 Å². The lowest BCUT2D eigenvalue weighted by Gasteiger charge is -2.18. The van der Waals surface area contributed by atoms with E-state index in [2.05, 4.69) is 10.0 Å². The van der Waals surface area contributed by atoms with Crippen LogP contribution < -0.4 is 10.0 Å². The van der Waals surface area contributed by atoms with E-state index >= 15 is 0 Å². The van der Waals surface area contributed by atoms with Crippen molar-refractivity contribution in [3.8, 4) is 0 Å². The molecule has 0 spiro atoms. The highest BCUT2D eigenvalue weighted by Gasteiger charge is 2.16. The number of aryl methyl sites for hydroxylation is 1. The molecule has 29 heavy (non-hydrogen) atoms. The molecule has 3 aromatic carbocycles. The largest absolute Gasteiger partial charge is 0.345 e. The third-order valence-corrected chi connectivity index (χ3v) is 6.04. The summed E-state index contributed by atoms with van der Waals surface area (Å²) in [6, 6.07) is 22.5. The minimum Gasteiger partial charge on any atom is -0.345 e. The van der Waals surface area contributed by atoms with Gasteiger partial charge in [-0.05, 0) is 55.3 Å². The number of hydrogen-bond acceptors (Lipinski definition) is 3. The number of carbonyl (C=O) groups is 1. The molecule has 0 saturated heterocycles. The Balaban J connectivity index is 1.69. The van der Waals surface area contributed by atoms with Gasteiger partial charge < -0.3 is 5.32 Å². The van der Waals surface area contributed by atoms with Crippen LogP contribution in [-0.2, 0) is 10.0 Å². The minimum atomic E-state index is -3.66. The first-order valence-electron chi connectivity index (χ1n) is 9.44. The van der Waals surface area contributed by atoms with Gasteiger partial charge in [0.15, 0.2) is 0 Å². The molecule has 0 radical (unpaired) electrons. The summed E-state index contributed by atoms with van der Waals surface area (Å²) >= 11 is 0. The minimum absolute atomic E-state index is 0.0839. The van der Waals surface area contributed by atoms with E-state index in [-0.39, 0.29) is 16.8 Å². The maximum atomic E-state index is 12.6. The van der Waals surface area contributed by atoms with Crippen LogP contribution in [0.2, 0.25) is 0 Å². The predicted octanol–water partition coefficient (Wildman–Crippen LogP) is 4.68. The Morgan fingerprint density at radius 3 is 2.10 bits per heavy atom. The van der Waals surface area contributed by atoms with Crippen molar-refractivity contribution in [3.05, 3.63) is 95.6 Å². The number of sulfonamides is 1. The smallest absolute Gasteiger partial charge is 0.261 e. The predicted molar refractivity (Wildman–Crippen MR) is 115 cm³/mol. The second-order valence-corrected chi connectivity index (χ2v) is 8.52. The second-order valence-electron chi connectivity index (χ2n) is 6.84. The van der Waals surface area contributed by atoms with Gasteiger partial charge in [-0.3, -0.25) is 9.52 Å². The van der Waals surface area contributed by atoms with E-state index in [0.717, 1.165) is 12.0 Å². The molecule has 0 aromatic heterocycles. The van der Waals surface area contributed by atoms with Crippen molar-refractivity contribution in [3.63, 3.8) is 0 Å². The number of carbonyl (C=O) groups excluding carboxylic acids is 1. The van der Waals surface area contributed by atoms with Crippen LogP contribution >= 0.6 is 0 Å². The van der Waals surface area contributed by atoms with Crippen molar-refractivity contribution in [2.75, 3.05) is 4.72 Å². The number of benzene rings is 3. The average molecular weight is 409 g/mol. The van der Waals surface area contributed by atoms with E-state index in [0.29, 0.717) is 11.3 Å². The molecule has 0 unspecified atom stereocenters. The SMILES string of the molecule is CC[C@@H](NC(=O)c1ccc(NS(=O)(=O)c2ccccc2)cc1)c1ccc(C)cc1. The van der Waals surface area contributed by atoms with Crippen LogP contribution in [0.3, 0.4) is 0 Å². The molecule has 5 nitrogen and oxygen atoms in total. The highest BCUT2D eigenvalue weighted by Crippen LogP contribution is 2.19. The number of anilines is 1. The van der Waals surface area contributed by atoms with E-state index < -0.39 is 10.0 Å². The van der Waals surface area contributed by atoms with E-state index in [1.807, 2.05) is 38.1 Å². The molecule has 3 rings (SSSR count). The van der Waals surface area contributed by atoms with Gasteiger partial charge in [0.05, 0.1) is 10.9 Å². The lowest BCUT2D eigenvalue weighted by molar-refractivity contribution is 0.0935. The van der Waals surface area contributed by atoms with Crippen LogP contribution in [0.4, 0.5) is 5.69 Å². The van der Waals surface area contributed by atoms with Crippen LogP contribution in [0, 0.1) is 6.92 Å². The zero-order valence-electron chi connectivity index (χ0n) is 16.4. The number of hydrogen-bond donors (Lipinski definition) is 2. The molecule has 3 aromatic rings. The molecule has 1 amide bonds. The molecular formula is C23H24N2O3S. The fraction of sp³-hybridized carbons (Fsp3) is 0.174. The summed E-state index contributed by atoms with van der Waals surface area (Å²) in [7, 11) is -3.66. The van der Waals surface area contributed by atoms with Gasteiger partial charge in [-0.1, -0.05) is 55.0 Å². The molecule has 1 atom stereocenters. The van der Waals surface area contributed by atoms with Crippen molar-refractivity contribution in [1.82, 2.24) is 5.32 Å². The highest BCUT2D eigenvalue weighted by atomic mass is 32.2. The molecule has 0 aliphatic carbocycles. The first-order valence-corrected chi connectivity index (χ1v) is 10.9. The van der Waals surface area contributed by atoms with Crippen molar-refractivity contribution in [1.29, 1.82) is 0 Å². The van der Waals surface area contributed by atoms with Crippen molar-refractivity contribution in [2.45, 2.75) is 31.2 Å². The molecular weight excluding hydrogens is 384 g/mol. The zero-order valence-corrected chi connectivity index (χ0v) is 17.2. The van der Waals surface area contributed by atoms with E-state index in [9.17, 15) is 13.2 Å². The Morgan fingerprint density at radius 2 is 1.52 bits per heavy atom. The summed E-state index contributed by atoms with van der Waals surface area (Å²) in [5.41, 5.74) is 3.09. The number of amides is 1. The van der Waals surface area contributed by atoms with Crippen LogP contribution in [0.25, 0.3) is 0 Å². The lowest BCUT2D eigenvalue weighted by Crippen LogP contribution is -2.28. The van der Waals surface area contributed by atoms with Crippen molar-refractivity contribution >= 4 is 21.6 Å². The Kier molecular flexibility index (Phi) is 6.34. The van der Waals surface area contributed by atoms with Gasteiger partial charge in [0.2, 0.25) is 0 Å².